The normalized spacial score (nSPS) is 14.9. The molecular formula is C6H9F3O5S. The van der Waals surface area contributed by atoms with Crippen molar-refractivity contribution in [3.05, 3.63) is 0 Å². The second-order valence-corrected chi connectivity index (χ2v) is 5.08. The number of alkyl halides is 3. The summed E-state index contributed by atoms with van der Waals surface area (Å²) in [6.07, 6.45) is -4.91. The lowest BCUT2D eigenvalue weighted by Gasteiger charge is -2.10. The Bertz CT molecular complexity index is 320. The van der Waals surface area contributed by atoms with Gasteiger partial charge in [-0.15, -0.1) is 13.2 Å². The minimum atomic E-state index is -4.91. The first-order chi connectivity index (χ1) is 6.56. The summed E-state index contributed by atoms with van der Waals surface area (Å²) in [4.78, 5) is 10.3. The Labute approximate surface area is 83.8 Å². The molecule has 0 aromatic heterocycles. The summed E-state index contributed by atoms with van der Waals surface area (Å²) in [5, 5.41) is 6.59. The number of hydrogen-bond donors (Lipinski definition) is 1. The molecule has 1 unspecified atom stereocenters. The van der Waals surface area contributed by atoms with Crippen molar-refractivity contribution in [1.29, 1.82) is 0 Å². The predicted octanol–water partition coefficient (Wildman–Crippen LogP) is 0.411. The molecule has 0 aromatic rings. The van der Waals surface area contributed by atoms with Crippen molar-refractivity contribution in [3.8, 4) is 0 Å². The molecule has 0 rings (SSSR count). The molecule has 0 spiro atoms. The van der Waals surface area contributed by atoms with Crippen molar-refractivity contribution < 1.29 is 36.2 Å². The Morgan fingerprint density at radius 3 is 2.27 bits per heavy atom. The fraction of sp³-hybridized carbons (Fsp3) is 0.833. The van der Waals surface area contributed by atoms with E-state index in [4.69, 9.17) is 5.11 Å². The van der Waals surface area contributed by atoms with Gasteiger partial charge in [0.25, 0.3) is 0 Å². The van der Waals surface area contributed by atoms with Crippen LogP contribution in [0.1, 0.15) is 6.92 Å². The molecule has 1 atom stereocenters. The molecule has 0 aliphatic rings. The molecule has 1 N–H and O–H groups in total. The van der Waals surface area contributed by atoms with Gasteiger partial charge in [0.05, 0.1) is 12.4 Å². The van der Waals surface area contributed by atoms with Gasteiger partial charge in [0.2, 0.25) is 0 Å². The van der Waals surface area contributed by atoms with E-state index in [1.54, 1.807) is 0 Å². The predicted molar refractivity (Wildman–Crippen MR) is 42.9 cm³/mol. The Kier molecular flexibility index (Phi) is 4.53. The SMILES string of the molecule is CC(C(=O)O)S(=O)(=O)CCOC(F)(F)F. The van der Waals surface area contributed by atoms with Gasteiger partial charge in [-0.1, -0.05) is 0 Å². The number of sulfone groups is 1. The average molecular weight is 250 g/mol. The van der Waals surface area contributed by atoms with E-state index >= 15 is 0 Å². The highest BCUT2D eigenvalue weighted by molar-refractivity contribution is 7.92. The minimum Gasteiger partial charge on any atom is -0.480 e. The third-order valence-electron chi connectivity index (χ3n) is 1.52. The Morgan fingerprint density at radius 1 is 1.47 bits per heavy atom. The van der Waals surface area contributed by atoms with E-state index in [2.05, 4.69) is 4.74 Å². The highest BCUT2D eigenvalue weighted by Crippen LogP contribution is 2.16. The zero-order valence-electron chi connectivity index (χ0n) is 7.61. The molecular weight excluding hydrogens is 241 g/mol. The van der Waals surface area contributed by atoms with Crippen LogP contribution in [0.2, 0.25) is 0 Å². The van der Waals surface area contributed by atoms with E-state index in [0.717, 1.165) is 6.92 Å². The van der Waals surface area contributed by atoms with Gasteiger partial charge >= 0.3 is 12.3 Å². The lowest BCUT2D eigenvalue weighted by atomic mass is 10.5. The Morgan fingerprint density at radius 2 is 1.93 bits per heavy atom. The standard InChI is InChI=1S/C6H9F3O5S/c1-4(5(10)11)15(12,13)3-2-14-6(7,8)9/h4H,2-3H2,1H3,(H,10,11). The fourth-order valence-electron chi connectivity index (χ4n) is 0.604. The van der Waals surface area contributed by atoms with Gasteiger partial charge < -0.3 is 5.11 Å². The number of hydrogen-bond acceptors (Lipinski definition) is 4. The average Bonchev–Trinajstić information content (AvgIpc) is 1.99. The van der Waals surface area contributed by atoms with Crippen LogP contribution in [0.3, 0.4) is 0 Å². The van der Waals surface area contributed by atoms with E-state index in [1.165, 1.54) is 0 Å². The zero-order chi connectivity index (χ0) is 12.3. The quantitative estimate of drug-likeness (QED) is 0.764. The maximum Gasteiger partial charge on any atom is 0.522 e. The molecule has 0 bridgehead atoms. The maximum absolute atomic E-state index is 11.5. The van der Waals surface area contributed by atoms with Crippen LogP contribution in [0, 0.1) is 0 Å². The van der Waals surface area contributed by atoms with Gasteiger partial charge in [-0.05, 0) is 6.92 Å². The van der Waals surface area contributed by atoms with Crippen LogP contribution in [0.5, 0.6) is 0 Å². The minimum absolute atomic E-state index is 0.880. The number of carbonyl (C=O) groups is 1. The molecule has 15 heavy (non-hydrogen) atoms. The smallest absolute Gasteiger partial charge is 0.480 e. The molecule has 0 aliphatic heterocycles. The van der Waals surface area contributed by atoms with Gasteiger partial charge in [-0.25, -0.2) is 8.42 Å². The lowest BCUT2D eigenvalue weighted by molar-refractivity contribution is -0.322. The molecule has 0 aromatic carbocycles. The number of rotatable bonds is 5. The van der Waals surface area contributed by atoms with E-state index in [9.17, 15) is 26.4 Å². The summed E-state index contributed by atoms with van der Waals surface area (Å²) in [5.41, 5.74) is 0. The summed E-state index contributed by atoms with van der Waals surface area (Å²) in [7, 11) is -4.11. The summed E-state index contributed by atoms with van der Waals surface area (Å²) in [6.45, 7) is -0.227. The largest absolute Gasteiger partial charge is 0.522 e. The van der Waals surface area contributed by atoms with Crippen molar-refractivity contribution in [1.82, 2.24) is 0 Å². The molecule has 9 heteroatoms. The second-order valence-electron chi connectivity index (χ2n) is 2.64. The third-order valence-corrected chi connectivity index (χ3v) is 3.53. The molecule has 0 saturated carbocycles. The lowest BCUT2D eigenvalue weighted by Crippen LogP contribution is -2.31. The van der Waals surface area contributed by atoms with Crippen LogP contribution in [-0.2, 0) is 19.4 Å². The molecule has 0 radical (unpaired) electrons. The van der Waals surface area contributed by atoms with Crippen molar-refractivity contribution in [3.63, 3.8) is 0 Å². The van der Waals surface area contributed by atoms with Crippen molar-refractivity contribution in [2.75, 3.05) is 12.4 Å². The van der Waals surface area contributed by atoms with E-state index in [0.29, 0.717) is 0 Å². The van der Waals surface area contributed by atoms with E-state index < -0.39 is 39.8 Å². The molecule has 5 nitrogen and oxygen atoms in total. The van der Waals surface area contributed by atoms with Gasteiger partial charge in [0, 0.05) is 0 Å². The molecule has 0 fully saturated rings. The molecule has 0 amide bonds. The van der Waals surface area contributed by atoms with Crippen molar-refractivity contribution >= 4 is 15.8 Å². The van der Waals surface area contributed by atoms with Gasteiger partial charge in [0.1, 0.15) is 0 Å². The third kappa shape index (κ3) is 5.57. The van der Waals surface area contributed by atoms with Gasteiger partial charge in [-0.3, -0.25) is 9.53 Å². The van der Waals surface area contributed by atoms with Crippen LogP contribution in [0.25, 0.3) is 0 Å². The zero-order valence-corrected chi connectivity index (χ0v) is 8.43. The second kappa shape index (κ2) is 4.79. The molecule has 90 valence electrons. The van der Waals surface area contributed by atoms with E-state index in [1.807, 2.05) is 0 Å². The van der Waals surface area contributed by atoms with Crippen LogP contribution < -0.4 is 0 Å². The fourth-order valence-corrected chi connectivity index (χ4v) is 1.58. The van der Waals surface area contributed by atoms with Crippen LogP contribution in [0.15, 0.2) is 0 Å². The maximum atomic E-state index is 11.5. The number of carboxylic acid groups (broad SMARTS) is 1. The first-order valence-corrected chi connectivity index (χ1v) is 5.43. The highest BCUT2D eigenvalue weighted by Gasteiger charge is 2.32. The Hall–Kier alpha value is -0.830. The van der Waals surface area contributed by atoms with Crippen LogP contribution >= 0.6 is 0 Å². The summed E-state index contributed by atoms with van der Waals surface area (Å²) in [5.74, 6) is -2.60. The Balaban J connectivity index is 4.24. The monoisotopic (exact) mass is 250 g/mol. The number of carboxylic acids is 1. The van der Waals surface area contributed by atoms with E-state index in [-0.39, 0.29) is 0 Å². The van der Waals surface area contributed by atoms with Gasteiger partial charge in [-0.2, -0.15) is 0 Å². The van der Waals surface area contributed by atoms with Crippen LogP contribution in [-0.4, -0.2) is 43.5 Å². The first kappa shape index (κ1) is 14.2. The topological polar surface area (TPSA) is 80.7 Å². The van der Waals surface area contributed by atoms with Crippen LogP contribution in [0.4, 0.5) is 13.2 Å². The van der Waals surface area contributed by atoms with Crippen molar-refractivity contribution in [2.24, 2.45) is 0 Å². The first-order valence-electron chi connectivity index (χ1n) is 3.71. The number of halogens is 3. The highest BCUT2D eigenvalue weighted by atomic mass is 32.2. The molecule has 0 saturated heterocycles. The number of ether oxygens (including phenoxy) is 1. The van der Waals surface area contributed by atoms with Gasteiger partial charge in [0.15, 0.2) is 15.1 Å². The summed E-state index contributed by atoms with van der Waals surface area (Å²) >= 11 is 0. The summed E-state index contributed by atoms with van der Waals surface area (Å²) < 4.78 is 59.7. The molecule has 0 heterocycles. The summed E-state index contributed by atoms with van der Waals surface area (Å²) in [6, 6.07) is 0. The van der Waals surface area contributed by atoms with Crippen molar-refractivity contribution in [2.45, 2.75) is 18.5 Å². The number of aliphatic carboxylic acids is 1. The molecule has 0 aliphatic carbocycles.